The molecule has 1 aromatic rings. The van der Waals surface area contributed by atoms with Crippen molar-refractivity contribution in [1.29, 1.82) is 0 Å². The van der Waals surface area contributed by atoms with Gasteiger partial charge in [0.25, 0.3) is 0 Å². The SMILES string of the molecule is C[C@H]1C[C@@H](C(=O)N(C)CC2CCN(CC(O)c3ccccc3)CC2)CCN1.Cl. The van der Waals surface area contributed by atoms with E-state index in [4.69, 9.17) is 0 Å². The van der Waals surface area contributed by atoms with Crippen LogP contribution in [0.25, 0.3) is 0 Å². The van der Waals surface area contributed by atoms with Crippen LogP contribution in [0.4, 0.5) is 0 Å². The third-order valence-corrected chi connectivity index (χ3v) is 6.20. The Morgan fingerprint density at radius 2 is 1.93 bits per heavy atom. The molecule has 0 aromatic heterocycles. The lowest BCUT2D eigenvalue weighted by molar-refractivity contribution is -0.136. The molecule has 2 aliphatic rings. The number of halogens is 1. The molecule has 0 aliphatic carbocycles. The van der Waals surface area contributed by atoms with E-state index >= 15 is 0 Å². The highest BCUT2D eigenvalue weighted by atomic mass is 35.5. The highest BCUT2D eigenvalue weighted by molar-refractivity contribution is 5.85. The van der Waals surface area contributed by atoms with Crippen LogP contribution in [0.1, 0.15) is 44.3 Å². The minimum absolute atomic E-state index is 0. The van der Waals surface area contributed by atoms with Gasteiger partial charge in [-0.2, -0.15) is 0 Å². The number of hydrogen-bond donors (Lipinski definition) is 2. The van der Waals surface area contributed by atoms with Crippen molar-refractivity contribution in [3.63, 3.8) is 0 Å². The van der Waals surface area contributed by atoms with Gasteiger partial charge in [0.1, 0.15) is 0 Å². The van der Waals surface area contributed by atoms with E-state index < -0.39 is 6.10 Å². The summed E-state index contributed by atoms with van der Waals surface area (Å²) >= 11 is 0. The van der Waals surface area contributed by atoms with E-state index in [0.717, 1.165) is 57.4 Å². The second-order valence-electron chi connectivity index (χ2n) is 8.47. The molecule has 1 amide bonds. The molecule has 2 heterocycles. The number of carbonyl (C=O) groups is 1. The Bertz CT molecular complexity index is 593. The minimum atomic E-state index is -0.422. The molecule has 0 spiro atoms. The maximum Gasteiger partial charge on any atom is 0.225 e. The van der Waals surface area contributed by atoms with E-state index in [2.05, 4.69) is 17.1 Å². The summed E-state index contributed by atoms with van der Waals surface area (Å²) in [6.45, 7) is 6.68. The van der Waals surface area contributed by atoms with Crippen LogP contribution in [0, 0.1) is 11.8 Å². The molecule has 158 valence electrons. The molecule has 0 saturated carbocycles. The van der Waals surface area contributed by atoms with Crippen LogP contribution in [0.15, 0.2) is 30.3 Å². The Kier molecular flexibility index (Phi) is 9.22. The monoisotopic (exact) mass is 409 g/mol. The second kappa shape index (κ2) is 11.1. The lowest BCUT2D eigenvalue weighted by Crippen LogP contribution is -2.45. The van der Waals surface area contributed by atoms with Crippen molar-refractivity contribution in [3.05, 3.63) is 35.9 Å². The molecule has 1 unspecified atom stereocenters. The lowest BCUT2D eigenvalue weighted by atomic mass is 9.91. The van der Waals surface area contributed by atoms with Crippen molar-refractivity contribution in [2.24, 2.45) is 11.8 Å². The van der Waals surface area contributed by atoms with Gasteiger partial charge in [-0.05, 0) is 63.7 Å². The van der Waals surface area contributed by atoms with Gasteiger partial charge in [0.2, 0.25) is 5.91 Å². The summed E-state index contributed by atoms with van der Waals surface area (Å²) < 4.78 is 0. The van der Waals surface area contributed by atoms with Gasteiger partial charge < -0.3 is 20.2 Å². The van der Waals surface area contributed by atoms with Crippen LogP contribution >= 0.6 is 12.4 Å². The van der Waals surface area contributed by atoms with Crippen molar-refractivity contribution in [3.8, 4) is 0 Å². The number of piperidine rings is 2. The van der Waals surface area contributed by atoms with Gasteiger partial charge in [0.15, 0.2) is 0 Å². The van der Waals surface area contributed by atoms with Gasteiger partial charge in [-0.25, -0.2) is 0 Å². The number of rotatable bonds is 6. The summed E-state index contributed by atoms with van der Waals surface area (Å²) in [5.41, 5.74) is 0.987. The fraction of sp³-hybridized carbons (Fsp3) is 0.682. The lowest BCUT2D eigenvalue weighted by Gasteiger charge is -2.36. The summed E-state index contributed by atoms with van der Waals surface area (Å²) in [6.07, 6.45) is 3.69. The zero-order valence-corrected chi connectivity index (χ0v) is 18.0. The van der Waals surface area contributed by atoms with Gasteiger partial charge in [-0.15, -0.1) is 12.4 Å². The van der Waals surface area contributed by atoms with Gasteiger partial charge in [0.05, 0.1) is 6.10 Å². The maximum atomic E-state index is 12.7. The predicted molar refractivity (Wildman–Crippen MR) is 116 cm³/mol. The Labute approximate surface area is 175 Å². The highest BCUT2D eigenvalue weighted by Crippen LogP contribution is 2.23. The maximum absolute atomic E-state index is 12.7. The number of nitrogens with zero attached hydrogens (tertiary/aromatic N) is 2. The number of aliphatic hydroxyl groups is 1. The fourth-order valence-electron chi connectivity index (χ4n) is 4.52. The first-order chi connectivity index (χ1) is 13.0. The number of β-amino-alcohol motifs (C(OH)–C–C–N with tert-alkyl or cyclic N) is 1. The topological polar surface area (TPSA) is 55.8 Å². The largest absolute Gasteiger partial charge is 0.387 e. The zero-order chi connectivity index (χ0) is 19.2. The van der Waals surface area contributed by atoms with Gasteiger partial charge in [-0.3, -0.25) is 4.79 Å². The summed E-state index contributed by atoms with van der Waals surface area (Å²) in [4.78, 5) is 17.1. The number of carbonyl (C=O) groups excluding carboxylic acids is 1. The quantitative estimate of drug-likeness (QED) is 0.758. The number of benzene rings is 1. The minimum Gasteiger partial charge on any atom is -0.387 e. The van der Waals surface area contributed by atoms with Crippen LogP contribution in [0.2, 0.25) is 0 Å². The van der Waals surface area contributed by atoms with Gasteiger partial charge >= 0.3 is 0 Å². The number of likely N-dealkylation sites (tertiary alicyclic amines) is 1. The number of amides is 1. The molecule has 3 atom stereocenters. The molecule has 2 fully saturated rings. The van der Waals surface area contributed by atoms with Crippen molar-refractivity contribution < 1.29 is 9.90 Å². The van der Waals surface area contributed by atoms with Gasteiger partial charge in [0, 0.05) is 32.1 Å². The highest BCUT2D eigenvalue weighted by Gasteiger charge is 2.29. The molecule has 28 heavy (non-hydrogen) atoms. The summed E-state index contributed by atoms with van der Waals surface area (Å²) in [7, 11) is 1.97. The second-order valence-corrected chi connectivity index (χ2v) is 8.47. The van der Waals surface area contributed by atoms with Crippen molar-refractivity contribution in [2.45, 2.75) is 44.8 Å². The van der Waals surface area contributed by atoms with Crippen LogP contribution in [0.3, 0.4) is 0 Å². The van der Waals surface area contributed by atoms with Crippen molar-refractivity contribution >= 4 is 18.3 Å². The van der Waals surface area contributed by atoms with Crippen LogP contribution in [-0.4, -0.2) is 66.6 Å². The van der Waals surface area contributed by atoms with E-state index in [1.807, 2.05) is 42.3 Å². The molecular weight excluding hydrogens is 374 g/mol. The summed E-state index contributed by atoms with van der Waals surface area (Å²) in [5.74, 6) is 1.08. The van der Waals surface area contributed by atoms with Crippen LogP contribution in [0.5, 0.6) is 0 Å². The first-order valence-electron chi connectivity index (χ1n) is 10.5. The molecule has 0 bridgehead atoms. The summed E-state index contributed by atoms with van der Waals surface area (Å²) in [6, 6.07) is 10.3. The Balaban J connectivity index is 0.00000280. The molecule has 2 N–H and O–H groups in total. The van der Waals surface area contributed by atoms with E-state index in [0.29, 0.717) is 24.4 Å². The molecule has 5 nitrogen and oxygen atoms in total. The molecule has 0 radical (unpaired) electrons. The average Bonchev–Trinajstić information content (AvgIpc) is 2.69. The first kappa shape index (κ1) is 23.1. The molecule has 2 saturated heterocycles. The Morgan fingerprint density at radius 1 is 1.25 bits per heavy atom. The van der Waals surface area contributed by atoms with E-state index in [1.165, 1.54) is 0 Å². The number of nitrogens with one attached hydrogen (secondary N) is 1. The normalized spacial score (nSPS) is 25.0. The number of hydrogen-bond acceptors (Lipinski definition) is 4. The predicted octanol–water partition coefficient (Wildman–Crippen LogP) is 2.70. The van der Waals surface area contributed by atoms with Crippen molar-refractivity contribution in [1.82, 2.24) is 15.1 Å². The molecule has 3 rings (SSSR count). The Morgan fingerprint density at radius 3 is 2.57 bits per heavy atom. The third kappa shape index (κ3) is 6.45. The smallest absolute Gasteiger partial charge is 0.225 e. The average molecular weight is 410 g/mol. The fourth-order valence-corrected chi connectivity index (χ4v) is 4.52. The third-order valence-electron chi connectivity index (χ3n) is 6.20. The van der Waals surface area contributed by atoms with Crippen LogP contribution < -0.4 is 5.32 Å². The van der Waals surface area contributed by atoms with E-state index in [1.54, 1.807) is 0 Å². The van der Waals surface area contributed by atoms with Gasteiger partial charge in [-0.1, -0.05) is 30.3 Å². The molecule has 2 aliphatic heterocycles. The standard InChI is InChI=1S/C22H35N3O2.ClH/c1-17-14-20(8-11-23-17)22(27)24(2)15-18-9-12-25(13-10-18)16-21(26)19-6-4-3-5-7-19;/h3-7,17-18,20-21,23,26H,8-16H2,1-2H3;1H/t17-,20-,21?;/m0./s1. The molecular formula is C22H36ClN3O2. The zero-order valence-electron chi connectivity index (χ0n) is 17.2. The molecule has 1 aromatic carbocycles. The van der Waals surface area contributed by atoms with Crippen molar-refractivity contribution in [2.75, 3.05) is 39.8 Å². The van der Waals surface area contributed by atoms with Crippen LogP contribution in [-0.2, 0) is 4.79 Å². The number of aliphatic hydroxyl groups excluding tert-OH is 1. The Hall–Kier alpha value is -1.14. The molecule has 6 heteroatoms. The van der Waals surface area contributed by atoms with E-state index in [9.17, 15) is 9.90 Å². The van der Waals surface area contributed by atoms with E-state index in [-0.39, 0.29) is 18.3 Å². The summed E-state index contributed by atoms with van der Waals surface area (Å²) in [5, 5.41) is 13.8. The first-order valence-corrected chi connectivity index (χ1v) is 10.5.